The molecule has 10 heteroatoms. The fourth-order valence-corrected chi connectivity index (χ4v) is 13.4. The normalized spacial score (nSPS) is 13.0. The van der Waals surface area contributed by atoms with Crippen molar-refractivity contribution in [3.05, 3.63) is 48.6 Å². The van der Waals surface area contributed by atoms with Gasteiger partial charge in [-0.2, -0.15) is 0 Å². The van der Waals surface area contributed by atoms with Crippen LogP contribution in [0.1, 0.15) is 438 Å². The zero-order valence-corrected chi connectivity index (χ0v) is 62.9. The summed E-state index contributed by atoms with van der Waals surface area (Å²) in [5.41, 5.74) is 5.42. The Hall–Kier alpha value is -2.03. The van der Waals surface area contributed by atoms with Crippen LogP contribution in [0.25, 0.3) is 0 Å². The first-order chi connectivity index (χ1) is 45.8. The van der Waals surface area contributed by atoms with Crippen LogP contribution in [-0.2, 0) is 32.7 Å². The van der Waals surface area contributed by atoms with Crippen molar-refractivity contribution < 1.29 is 37.6 Å². The summed E-state index contributed by atoms with van der Waals surface area (Å²) in [6.45, 7) is 3.81. The van der Waals surface area contributed by atoms with Crippen LogP contribution < -0.4 is 5.73 Å². The molecule has 0 radical (unpaired) electrons. The third-order valence-electron chi connectivity index (χ3n) is 18.7. The van der Waals surface area contributed by atoms with Gasteiger partial charge in [0.2, 0.25) is 0 Å². The maximum absolute atomic E-state index is 12.8. The zero-order valence-electron chi connectivity index (χ0n) is 62.0. The number of carbonyl (C=O) groups is 2. The summed E-state index contributed by atoms with van der Waals surface area (Å²) in [7, 11) is -4.39. The maximum atomic E-state index is 12.8. The molecule has 9 nitrogen and oxygen atoms in total. The number of esters is 2. The van der Waals surface area contributed by atoms with Gasteiger partial charge in [-0.15, -0.1) is 0 Å². The van der Waals surface area contributed by atoms with Crippen LogP contribution in [0.3, 0.4) is 0 Å². The average molecular weight is 1330 g/mol. The zero-order chi connectivity index (χ0) is 67.2. The van der Waals surface area contributed by atoms with E-state index in [0.717, 1.165) is 44.9 Å². The minimum absolute atomic E-state index is 0.0563. The summed E-state index contributed by atoms with van der Waals surface area (Å²) in [4.78, 5) is 35.5. The molecule has 0 fully saturated rings. The molecule has 0 saturated carbocycles. The molecular formula is C83H158NO8P. The molecule has 0 saturated heterocycles. The van der Waals surface area contributed by atoms with Crippen molar-refractivity contribution in [1.82, 2.24) is 0 Å². The van der Waals surface area contributed by atoms with Crippen LogP contribution >= 0.6 is 7.82 Å². The lowest BCUT2D eigenvalue weighted by Gasteiger charge is -2.19. The molecule has 0 bridgehead atoms. The number of ether oxygens (including phenoxy) is 2. The standard InChI is InChI=1S/C83H158NO8P/c1-3-5-7-9-11-13-15-17-19-21-23-25-27-29-31-33-35-37-39-40-42-44-46-48-50-52-54-56-58-60-62-64-66-68-70-72-74-76-83(86)92-81(80-91-93(87,88)90-78-77-84)79-89-82(85)75-73-71-69-67-65-63-61-59-57-55-53-51-49-47-45-43-41-38-36-34-32-30-28-26-24-22-20-18-16-14-12-10-8-6-4-2/h15-18,21-24,81H,3-14,19-20,25-80,84H2,1-2H3,(H,87,88)/b17-15-,18-16-,23-21-,24-22-. The Balaban J connectivity index is 3.74. The number of hydrogen-bond donors (Lipinski definition) is 2. The lowest BCUT2D eigenvalue weighted by atomic mass is 10.0. The van der Waals surface area contributed by atoms with Gasteiger partial charge in [-0.05, 0) is 77.0 Å². The van der Waals surface area contributed by atoms with Crippen molar-refractivity contribution in [2.75, 3.05) is 26.4 Å². The monoisotopic (exact) mass is 1330 g/mol. The maximum Gasteiger partial charge on any atom is 0.472 e. The van der Waals surface area contributed by atoms with E-state index in [-0.39, 0.29) is 38.6 Å². The van der Waals surface area contributed by atoms with Crippen molar-refractivity contribution in [3.8, 4) is 0 Å². The van der Waals surface area contributed by atoms with Crippen molar-refractivity contribution in [2.24, 2.45) is 5.73 Å². The van der Waals surface area contributed by atoms with Crippen LogP contribution in [-0.4, -0.2) is 49.3 Å². The highest BCUT2D eigenvalue weighted by molar-refractivity contribution is 7.47. The van der Waals surface area contributed by atoms with Crippen LogP contribution in [0, 0.1) is 0 Å². The largest absolute Gasteiger partial charge is 0.472 e. The number of carbonyl (C=O) groups excluding carboxylic acids is 2. The summed E-state index contributed by atoms with van der Waals surface area (Å²) in [6, 6.07) is 0. The first kappa shape index (κ1) is 91.0. The van der Waals surface area contributed by atoms with E-state index < -0.39 is 26.5 Å². The molecule has 0 aromatic carbocycles. The summed E-state index contributed by atoms with van der Waals surface area (Å²) in [5.74, 6) is -0.801. The Morgan fingerprint density at radius 3 is 0.817 bits per heavy atom. The fraction of sp³-hybridized carbons (Fsp3) is 0.880. The second-order valence-electron chi connectivity index (χ2n) is 28.0. The quantitative estimate of drug-likeness (QED) is 0.0264. The SMILES string of the molecule is CCCCCCC/C=C\C/C=C\CCCCCCCCCCCCCCCCCCCCCCCCCCCC(=O)OC(COC(=O)CCCCCCCCCCCCCCCCCCCCCCCCC/C=C\C/C=C\CCCCCCC)COP(=O)(O)OCCN. The predicted octanol–water partition coefficient (Wildman–Crippen LogP) is 27.5. The smallest absolute Gasteiger partial charge is 0.462 e. The molecule has 0 heterocycles. The van der Waals surface area contributed by atoms with Crippen LogP contribution in [0.2, 0.25) is 0 Å². The van der Waals surface area contributed by atoms with Crippen molar-refractivity contribution in [3.63, 3.8) is 0 Å². The number of unbranched alkanes of at least 4 members (excludes halogenated alkanes) is 58. The van der Waals surface area contributed by atoms with Gasteiger partial charge in [0, 0.05) is 19.4 Å². The van der Waals surface area contributed by atoms with Crippen LogP contribution in [0.15, 0.2) is 48.6 Å². The van der Waals surface area contributed by atoms with Gasteiger partial charge < -0.3 is 20.1 Å². The molecule has 93 heavy (non-hydrogen) atoms. The molecule has 0 aliphatic rings. The first-order valence-corrected chi connectivity index (χ1v) is 42.6. The lowest BCUT2D eigenvalue weighted by molar-refractivity contribution is -0.161. The van der Waals surface area contributed by atoms with E-state index in [4.69, 9.17) is 24.3 Å². The predicted molar refractivity (Wildman–Crippen MR) is 404 cm³/mol. The van der Waals surface area contributed by atoms with Gasteiger partial charge in [0.05, 0.1) is 13.2 Å². The Morgan fingerprint density at radius 1 is 0.323 bits per heavy atom. The van der Waals surface area contributed by atoms with E-state index in [1.54, 1.807) is 0 Å². The molecule has 2 unspecified atom stereocenters. The molecular weight excluding hydrogens is 1170 g/mol. The third kappa shape index (κ3) is 78.8. The third-order valence-corrected chi connectivity index (χ3v) is 19.7. The topological polar surface area (TPSA) is 134 Å². The fourth-order valence-electron chi connectivity index (χ4n) is 12.6. The highest BCUT2D eigenvalue weighted by Crippen LogP contribution is 2.43. The molecule has 0 amide bonds. The van der Waals surface area contributed by atoms with Gasteiger partial charge in [-0.3, -0.25) is 18.6 Å². The summed E-state index contributed by atoms with van der Waals surface area (Å²) >= 11 is 0. The van der Waals surface area contributed by atoms with Gasteiger partial charge in [0.25, 0.3) is 0 Å². The van der Waals surface area contributed by atoms with E-state index in [9.17, 15) is 19.0 Å². The minimum atomic E-state index is -4.39. The van der Waals surface area contributed by atoms with Crippen molar-refractivity contribution in [2.45, 2.75) is 444 Å². The number of phosphoric acid groups is 1. The Morgan fingerprint density at radius 2 is 0.559 bits per heavy atom. The van der Waals surface area contributed by atoms with Gasteiger partial charge >= 0.3 is 19.8 Å². The molecule has 548 valence electrons. The molecule has 0 aliphatic carbocycles. The highest BCUT2D eigenvalue weighted by atomic mass is 31.2. The summed E-state index contributed by atoms with van der Waals surface area (Å²) in [5, 5.41) is 0. The number of rotatable bonds is 79. The second-order valence-corrected chi connectivity index (χ2v) is 29.4. The van der Waals surface area contributed by atoms with Gasteiger partial charge in [0.1, 0.15) is 6.61 Å². The van der Waals surface area contributed by atoms with Gasteiger partial charge in [-0.25, -0.2) is 4.57 Å². The van der Waals surface area contributed by atoms with E-state index in [2.05, 4.69) is 62.5 Å². The number of nitrogens with two attached hydrogens (primary N) is 1. The van der Waals surface area contributed by atoms with E-state index in [1.807, 2.05) is 0 Å². The second kappa shape index (κ2) is 79.0. The molecule has 0 spiro atoms. The summed E-state index contributed by atoms with van der Waals surface area (Å²) < 4.78 is 33.3. The number of allylic oxidation sites excluding steroid dienone is 8. The first-order valence-electron chi connectivity index (χ1n) is 41.1. The molecule has 0 aromatic heterocycles. The number of hydrogen-bond acceptors (Lipinski definition) is 8. The van der Waals surface area contributed by atoms with Gasteiger partial charge in [0.15, 0.2) is 6.10 Å². The molecule has 2 atom stereocenters. The average Bonchev–Trinajstić information content (AvgIpc) is 3.04. The Kier molecular flexibility index (Phi) is 77.2. The van der Waals surface area contributed by atoms with E-state index in [1.165, 1.54) is 360 Å². The van der Waals surface area contributed by atoms with Crippen molar-refractivity contribution in [1.29, 1.82) is 0 Å². The summed E-state index contributed by atoms with van der Waals surface area (Å²) in [6.07, 6.45) is 103. The minimum Gasteiger partial charge on any atom is -0.462 e. The van der Waals surface area contributed by atoms with Crippen molar-refractivity contribution >= 4 is 19.8 Å². The Labute approximate surface area is 578 Å². The van der Waals surface area contributed by atoms with Crippen LogP contribution in [0.4, 0.5) is 0 Å². The highest BCUT2D eigenvalue weighted by Gasteiger charge is 2.26. The molecule has 3 N–H and O–H groups in total. The number of phosphoric ester groups is 1. The Bertz CT molecular complexity index is 1670. The van der Waals surface area contributed by atoms with Gasteiger partial charge in [-0.1, -0.05) is 396 Å². The molecule has 0 rings (SSSR count). The van der Waals surface area contributed by atoms with Crippen LogP contribution in [0.5, 0.6) is 0 Å². The molecule has 0 aliphatic heterocycles. The lowest BCUT2D eigenvalue weighted by Crippen LogP contribution is -2.29. The molecule has 0 aromatic rings. The van der Waals surface area contributed by atoms with E-state index >= 15 is 0 Å². The van der Waals surface area contributed by atoms with E-state index in [0.29, 0.717) is 6.42 Å².